The van der Waals surface area contributed by atoms with Crippen molar-refractivity contribution in [1.29, 1.82) is 0 Å². The van der Waals surface area contributed by atoms with Gasteiger partial charge in [-0.2, -0.15) is 8.78 Å². The smallest absolute Gasteiger partial charge is 0.330 e. The Morgan fingerprint density at radius 1 is 1.18 bits per heavy atom. The molecule has 3 N–H and O–H groups in total. The van der Waals surface area contributed by atoms with E-state index < -0.39 is 28.7 Å². The molecule has 2 heterocycles. The molecule has 2 aromatic carbocycles. The molecule has 172 valence electrons. The van der Waals surface area contributed by atoms with Crippen LogP contribution < -0.4 is 15.2 Å². The SMILES string of the molecule is Cc1cnc(N)c2c(-c3ccc(NS(=O)C(F)F)c(OC(C)c4ccc(F)cc4)c3)coc12. The fourth-order valence-electron chi connectivity index (χ4n) is 3.42. The van der Waals surface area contributed by atoms with Crippen LogP contribution in [0.15, 0.2) is 59.3 Å². The maximum Gasteiger partial charge on any atom is 0.330 e. The third-order valence-corrected chi connectivity index (χ3v) is 5.86. The van der Waals surface area contributed by atoms with Crippen molar-refractivity contribution >= 4 is 33.5 Å². The highest BCUT2D eigenvalue weighted by atomic mass is 32.2. The molecule has 0 amide bonds. The summed E-state index contributed by atoms with van der Waals surface area (Å²) < 4.78 is 64.8. The lowest BCUT2D eigenvalue weighted by atomic mass is 10.0. The number of ether oxygens (including phenoxy) is 1. The van der Waals surface area contributed by atoms with E-state index in [2.05, 4.69) is 9.71 Å². The van der Waals surface area contributed by atoms with Gasteiger partial charge in [0.2, 0.25) is 0 Å². The van der Waals surface area contributed by atoms with E-state index in [4.69, 9.17) is 14.9 Å². The second-order valence-corrected chi connectivity index (χ2v) is 8.52. The van der Waals surface area contributed by atoms with Gasteiger partial charge in [-0.3, -0.25) is 4.72 Å². The van der Waals surface area contributed by atoms with E-state index in [0.29, 0.717) is 27.7 Å². The van der Waals surface area contributed by atoms with Crippen molar-refractivity contribution < 1.29 is 26.5 Å². The molecule has 0 fully saturated rings. The first-order valence-electron chi connectivity index (χ1n) is 9.88. The zero-order valence-corrected chi connectivity index (χ0v) is 18.5. The zero-order chi connectivity index (χ0) is 23.7. The van der Waals surface area contributed by atoms with E-state index in [0.717, 1.165) is 5.56 Å². The van der Waals surface area contributed by atoms with Gasteiger partial charge in [-0.15, -0.1) is 0 Å². The van der Waals surface area contributed by atoms with E-state index in [9.17, 15) is 17.4 Å². The van der Waals surface area contributed by atoms with E-state index in [1.165, 1.54) is 24.5 Å². The number of fused-ring (bicyclic) bond motifs is 1. The van der Waals surface area contributed by atoms with E-state index >= 15 is 0 Å². The van der Waals surface area contributed by atoms with Crippen molar-refractivity contribution in [3.05, 3.63) is 71.9 Å². The average molecular weight is 475 g/mol. The number of hydrogen-bond acceptors (Lipinski definition) is 5. The number of nitrogen functional groups attached to an aromatic ring is 1. The molecule has 33 heavy (non-hydrogen) atoms. The van der Waals surface area contributed by atoms with Gasteiger partial charge in [-0.1, -0.05) is 18.2 Å². The number of nitrogens with zero attached hydrogens (tertiary/aromatic N) is 1. The molecule has 0 saturated carbocycles. The molecule has 0 bridgehead atoms. The van der Waals surface area contributed by atoms with E-state index in [1.807, 2.05) is 6.92 Å². The summed E-state index contributed by atoms with van der Waals surface area (Å²) in [5, 5.41) is 0.615. The van der Waals surface area contributed by atoms with Crippen molar-refractivity contribution in [2.75, 3.05) is 10.5 Å². The molecule has 2 unspecified atom stereocenters. The van der Waals surface area contributed by atoms with Crippen molar-refractivity contribution in [2.45, 2.75) is 25.7 Å². The van der Waals surface area contributed by atoms with Crippen LogP contribution in [0.2, 0.25) is 0 Å². The number of aromatic nitrogens is 1. The standard InChI is InChI=1S/C23H20F3N3O3S/c1-12-10-28-22(27)20-17(11-31-21(12)20)15-5-8-18(29-33(30)23(25)26)19(9-15)32-13(2)14-3-6-16(24)7-4-14/h3-11,13,23,29H,1-2H3,(H2,27,28). The summed E-state index contributed by atoms with van der Waals surface area (Å²) in [6.45, 7) is 3.57. The Labute approximate surface area is 190 Å². The minimum Gasteiger partial charge on any atom is -0.484 e. The van der Waals surface area contributed by atoms with Crippen LogP contribution in [0.3, 0.4) is 0 Å². The first kappa shape index (κ1) is 22.7. The van der Waals surface area contributed by atoms with Crippen LogP contribution in [0, 0.1) is 12.7 Å². The second-order valence-electron chi connectivity index (χ2n) is 7.36. The Hall–Kier alpha value is -3.53. The quantitative estimate of drug-likeness (QED) is 0.344. The molecule has 4 rings (SSSR count). The Kier molecular flexibility index (Phi) is 6.28. The first-order valence-corrected chi connectivity index (χ1v) is 11.1. The average Bonchev–Trinajstić information content (AvgIpc) is 3.24. The molecule has 2 aromatic heterocycles. The van der Waals surface area contributed by atoms with Crippen LogP contribution in [0.5, 0.6) is 5.75 Å². The van der Waals surface area contributed by atoms with Gasteiger partial charge in [-0.25, -0.2) is 13.6 Å². The van der Waals surface area contributed by atoms with Gasteiger partial charge in [0, 0.05) is 17.3 Å². The van der Waals surface area contributed by atoms with E-state index in [1.54, 1.807) is 37.4 Å². The lowest BCUT2D eigenvalue weighted by Crippen LogP contribution is -2.14. The Morgan fingerprint density at radius 2 is 1.91 bits per heavy atom. The molecule has 10 heteroatoms. The van der Waals surface area contributed by atoms with Crippen molar-refractivity contribution in [1.82, 2.24) is 4.98 Å². The van der Waals surface area contributed by atoms with Gasteiger partial charge in [-0.05, 0) is 49.2 Å². The molecule has 2 atom stereocenters. The number of aryl methyl sites for hydroxylation is 1. The maximum absolute atomic E-state index is 13.3. The normalized spacial score (nSPS) is 13.3. The molecule has 0 aliphatic rings. The summed E-state index contributed by atoms with van der Waals surface area (Å²) >= 11 is 0. The van der Waals surface area contributed by atoms with Gasteiger partial charge in [0.1, 0.15) is 29.1 Å². The summed E-state index contributed by atoms with van der Waals surface area (Å²) in [6, 6.07) is 10.5. The van der Waals surface area contributed by atoms with Crippen LogP contribution in [0.4, 0.5) is 24.7 Å². The molecule has 0 saturated heterocycles. The fourth-order valence-corrected chi connectivity index (χ4v) is 3.90. The number of halogens is 3. The molecule has 0 aliphatic heterocycles. The number of hydrogen-bond donors (Lipinski definition) is 2. The third kappa shape index (κ3) is 4.65. The Morgan fingerprint density at radius 3 is 2.61 bits per heavy atom. The highest BCUT2D eigenvalue weighted by molar-refractivity contribution is 7.86. The molecule has 0 aliphatic carbocycles. The first-order chi connectivity index (χ1) is 15.7. The number of alkyl halides is 2. The van der Waals surface area contributed by atoms with Gasteiger partial charge in [0.15, 0.2) is 11.0 Å². The molecule has 0 spiro atoms. The monoisotopic (exact) mass is 475 g/mol. The van der Waals surface area contributed by atoms with Gasteiger partial charge >= 0.3 is 5.76 Å². The van der Waals surface area contributed by atoms with Crippen LogP contribution in [0.25, 0.3) is 22.1 Å². The number of rotatable bonds is 7. The summed E-state index contributed by atoms with van der Waals surface area (Å²) in [4.78, 5) is 4.18. The fraction of sp³-hybridized carbons (Fsp3) is 0.174. The van der Waals surface area contributed by atoms with Crippen LogP contribution in [0.1, 0.15) is 24.2 Å². The second kappa shape index (κ2) is 9.14. The molecule has 0 radical (unpaired) electrons. The number of nitrogens with one attached hydrogen (secondary N) is 1. The lowest BCUT2D eigenvalue weighted by molar-refractivity contribution is 0.228. The van der Waals surface area contributed by atoms with Gasteiger partial charge in [0.25, 0.3) is 0 Å². The maximum atomic E-state index is 13.3. The van der Waals surface area contributed by atoms with Crippen LogP contribution in [-0.2, 0) is 11.0 Å². The highest BCUT2D eigenvalue weighted by Gasteiger charge is 2.20. The highest BCUT2D eigenvalue weighted by Crippen LogP contribution is 2.39. The molecule has 4 aromatic rings. The molecular formula is C23H20F3N3O3S. The predicted molar refractivity (Wildman–Crippen MR) is 122 cm³/mol. The van der Waals surface area contributed by atoms with Crippen molar-refractivity contribution in [3.63, 3.8) is 0 Å². The van der Waals surface area contributed by atoms with Crippen LogP contribution >= 0.6 is 0 Å². The summed E-state index contributed by atoms with van der Waals surface area (Å²) in [5.41, 5.74) is 9.51. The minimum atomic E-state index is -3.08. The number of anilines is 2. The Bertz CT molecular complexity index is 1330. The van der Waals surface area contributed by atoms with Crippen LogP contribution in [-0.4, -0.2) is 15.0 Å². The number of furan rings is 1. The minimum absolute atomic E-state index is 0.112. The van der Waals surface area contributed by atoms with E-state index in [-0.39, 0.29) is 17.3 Å². The van der Waals surface area contributed by atoms with Crippen molar-refractivity contribution in [3.8, 4) is 16.9 Å². The van der Waals surface area contributed by atoms with Gasteiger partial charge in [0.05, 0.1) is 17.3 Å². The number of benzene rings is 2. The number of pyridine rings is 1. The number of nitrogens with two attached hydrogens (primary N) is 1. The van der Waals surface area contributed by atoms with Crippen molar-refractivity contribution in [2.24, 2.45) is 0 Å². The topological polar surface area (TPSA) is 90.4 Å². The summed E-state index contributed by atoms with van der Waals surface area (Å²) in [5.74, 6) is -3.02. The Balaban J connectivity index is 1.77. The molecule has 6 nitrogen and oxygen atoms in total. The lowest BCUT2D eigenvalue weighted by Gasteiger charge is -2.19. The summed E-state index contributed by atoms with van der Waals surface area (Å²) in [7, 11) is -2.63. The zero-order valence-electron chi connectivity index (χ0n) is 17.6. The predicted octanol–water partition coefficient (Wildman–Crippen LogP) is 5.96. The molecular weight excluding hydrogens is 455 g/mol. The third-order valence-electron chi connectivity index (χ3n) is 5.11. The van der Waals surface area contributed by atoms with Gasteiger partial charge < -0.3 is 14.9 Å². The summed E-state index contributed by atoms with van der Waals surface area (Å²) in [6.07, 6.45) is 2.58. The largest absolute Gasteiger partial charge is 0.484 e.